The van der Waals surface area contributed by atoms with Crippen LogP contribution in [0.5, 0.6) is 11.5 Å². The fraction of sp³-hybridized carbons (Fsp3) is 0.143. The Morgan fingerprint density at radius 3 is 1.77 bits per heavy atom. The van der Waals surface area contributed by atoms with Crippen molar-refractivity contribution < 1.29 is 18.7 Å². The molecule has 1 N–H and O–H groups in total. The molecule has 0 aromatic heterocycles. The molecule has 3 aromatic carbocycles. The fourth-order valence-corrected chi connectivity index (χ4v) is 3.88. The van der Waals surface area contributed by atoms with Gasteiger partial charge in [0.25, 0.3) is 0 Å². The summed E-state index contributed by atoms with van der Waals surface area (Å²) in [4.78, 5) is 0. The van der Waals surface area contributed by atoms with Crippen LogP contribution in [-0.4, -0.2) is 11.7 Å². The Bertz CT molecular complexity index is 747. The molecule has 1 atom stereocenters. The fourth-order valence-electron chi connectivity index (χ4n) is 2.18. The van der Waals surface area contributed by atoms with Crippen molar-refractivity contribution in [3.63, 3.8) is 0 Å². The number of rotatable bonds is 6. The summed E-state index contributed by atoms with van der Waals surface area (Å²) in [6, 6.07) is 27.4. The maximum atomic E-state index is 12.7. The summed E-state index contributed by atoms with van der Waals surface area (Å²) < 4.78 is 23.7. The number of para-hydroxylation sites is 2. The summed E-state index contributed by atoms with van der Waals surface area (Å²) in [6.45, 7) is 2.17. The monoisotopic (exact) mass is 370 g/mol. The first kappa shape index (κ1) is 19.8. The van der Waals surface area contributed by atoms with Crippen molar-refractivity contribution in [2.75, 3.05) is 6.61 Å². The van der Waals surface area contributed by atoms with Crippen LogP contribution in [-0.2, 0) is 15.3 Å². The summed E-state index contributed by atoms with van der Waals surface area (Å²) in [5.74, 6) is 0.887. The molecule has 136 valence electrons. The van der Waals surface area contributed by atoms with Crippen LogP contribution in [0, 0.1) is 0 Å². The van der Waals surface area contributed by atoms with Crippen LogP contribution in [0.3, 0.4) is 0 Å². The SMILES string of the molecule is CCOP(=O)(Cc1ccccc1)Oc1ccccc1.Oc1ccccc1. The van der Waals surface area contributed by atoms with Crippen molar-refractivity contribution >= 4 is 7.60 Å². The lowest BCUT2D eigenvalue weighted by atomic mass is 10.2. The van der Waals surface area contributed by atoms with Gasteiger partial charge in [-0.05, 0) is 36.8 Å². The highest BCUT2D eigenvalue weighted by Gasteiger charge is 2.26. The number of phenols is 1. The van der Waals surface area contributed by atoms with Gasteiger partial charge in [0.05, 0.1) is 12.8 Å². The maximum Gasteiger partial charge on any atom is 0.383 e. The topological polar surface area (TPSA) is 55.8 Å². The molecule has 3 rings (SSSR count). The summed E-state index contributed by atoms with van der Waals surface area (Å²) in [5, 5.41) is 8.63. The largest absolute Gasteiger partial charge is 0.508 e. The molecule has 0 aliphatic carbocycles. The second kappa shape index (κ2) is 10.4. The van der Waals surface area contributed by atoms with E-state index < -0.39 is 7.60 Å². The van der Waals surface area contributed by atoms with Crippen LogP contribution in [0.2, 0.25) is 0 Å². The number of benzene rings is 3. The van der Waals surface area contributed by atoms with Crippen molar-refractivity contribution in [3.8, 4) is 11.5 Å². The molecule has 4 nitrogen and oxygen atoms in total. The molecule has 0 aliphatic rings. The quantitative estimate of drug-likeness (QED) is 0.550. The Hall–Kier alpha value is -2.55. The highest BCUT2D eigenvalue weighted by molar-refractivity contribution is 7.53. The first-order valence-electron chi connectivity index (χ1n) is 8.37. The molecule has 26 heavy (non-hydrogen) atoms. The maximum absolute atomic E-state index is 12.7. The summed E-state index contributed by atoms with van der Waals surface area (Å²) in [7, 11) is -3.16. The molecule has 1 unspecified atom stereocenters. The smallest absolute Gasteiger partial charge is 0.383 e. The van der Waals surface area contributed by atoms with Gasteiger partial charge >= 0.3 is 7.60 Å². The Morgan fingerprint density at radius 2 is 1.31 bits per heavy atom. The molecule has 0 radical (unpaired) electrons. The third kappa shape index (κ3) is 7.14. The molecule has 0 saturated carbocycles. The van der Waals surface area contributed by atoms with E-state index in [9.17, 15) is 4.57 Å². The normalized spacial score (nSPS) is 12.3. The van der Waals surface area contributed by atoms with E-state index in [0.717, 1.165) is 5.56 Å². The predicted octanol–water partition coefficient (Wildman–Crippen LogP) is 5.89. The van der Waals surface area contributed by atoms with E-state index in [1.165, 1.54) is 0 Å². The van der Waals surface area contributed by atoms with Crippen molar-refractivity contribution in [1.29, 1.82) is 0 Å². The third-order valence-corrected chi connectivity index (χ3v) is 5.18. The van der Waals surface area contributed by atoms with Crippen molar-refractivity contribution in [2.45, 2.75) is 13.1 Å². The van der Waals surface area contributed by atoms with E-state index in [0.29, 0.717) is 18.1 Å². The van der Waals surface area contributed by atoms with Crippen LogP contribution in [0.1, 0.15) is 12.5 Å². The second-order valence-corrected chi connectivity index (χ2v) is 7.39. The van der Waals surface area contributed by atoms with E-state index in [-0.39, 0.29) is 6.16 Å². The van der Waals surface area contributed by atoms with Gasteiger partial charge < -0.3 is 9.63 Å². The van der Waals surface area contributed by atoms with Crippen LogP contribution in [0.25, 0.3) is 0 Å². The van der Waals surface area contributed by atoms with Gasteiger partial charge in [0, 0.05) is 0 Å². The van der Waals surface area contributed by atoms with E-state index >= 15 is 0 Å². The molecule has 0 saturated heterocycles. The first-order chi connectivity index (χ1) is 12.6. The van der Waals surface area contributed by atoms with E-state index in [1.54, 1.807) is 36.4 Å². The average molecular weight is 370 g/mol. The van der Waals surface area contributed by atoms with Crippen molar-refractivity contribution in [2.24, 2.45) is 0 Å². The lowest BCUT2D eigenvalue weighted by Gasteiger charge is -2.18. The Balaban J connectivity index is 0.000000290. The molecule has 0 heterocycles. The Labute approximate surface area is 154 Å². The molecule has 5 heteroatoms. The minimum absolute atomic E-state index is 0.274. The predicted molar refractivity (Wildman–Crippen MR) is 105 cm³/mol. The zero-order valence-corrected chi connectivity index (χ0v) is 15.6. The Kier molecular flexibility index (Phi) is 7.94. The van der Waals surface area contributed by atoms with Crippen LogP contribution in [0.15, 0.2) is 91.0 Å². The summed E-state index contributed by atoms with van der Waals surface area (Å²) in [5.41, 5.74) is 0.940. The number of phenolic OH excluding ortho intramolecular Hbond substituents is 1. The van der Waals surface area contributed by atoms with Gasteiger partial charge in [0.1, 0.15) is 11.5 Å². The second-order valence-electron chi connectivity index (χ2n) is 5.41. The molecule has 0 amide bonds. The molecule has 0 bridgehead atoms. The standard InChI is InChI=1S/C15H17O3P.C6H6O/c1-2-17-19(16,13-14-9-5-3-6-10-14)18-15-11-7-4-8-12-15;7-6-4-2-1-3-5-6/h3-12H,2,13H2,1H3;1-5,7H. The third-order valence-electron chi connectivity index (χ3n) is 3.29. The molecular formula is C21H23O4P. The molecule has 0 aliphatic heterocycles. The number of hydrogen-bond acceptors (Lipinski definition) is 4. The van der Waals surface area contributed by atoms with Crippen molar-refractivity contribution in [1.82, 2.24) is 0 Å². The van der Waals surface area contributed by atoms with Crippen LogP contribution < -0.4 is 4.52 Å². The van der Waals surface area contributed by atoms with Crippen molar-refractivity contribution in [3.05, 3.63) is 96.6 Å². The number of aromatic hydroxyl groups is 1. The zero-order chi connectivity index (χ0) is 18.7. The highest BCUT2D eigenvalue weighted by Crippen LogP contribution is 2.51. The van der Waals surface area contributed by atoms with E-state index in [1.807, 2.05) is 61.5 Å². The highest BCUT2D eigenvalue weighted by atomic mass is 31.2. The van der Waals surface area contributed by atoms with Gasteiger partial charge in [-0.1, -0.05) is 66.7 Å². The summed E-state index contributed by atoms with van der Waals surface area (Å²) >= 11 is 0. The van der Waals surface area contributed by atoms with Crippen LogP contribution in [0.4, 0.5) is 0 Å². The van der Waals surface area contributed by atoms with E-state index in [4.69, 9.17) is 14.2 Å². The van der Waals surface area contributed by atoms with Crippen LogP contribution >= 0.6 is 7.60 Å². The van der Waals surface area contributed by atoms with E-state index in [2.05, 4.69) is 0 Å². The minimum atomic E-state index is -3.16. The van der Waals surface area contributed by atoms with Gasteiger partial charge in [0.2, 0.25) is 0 Å². The van der Waals surface area contributed by atoms with Gasteiger partial charge in [-0.15, -0.1) is 0 Å². The average Bonchev–Trinajstić information content (AvgIpc) is 2.64. The minimum Gasteiger partial charge on any atom is -0.508 e. The van der Waals surface area contributed by atoms with Gasteiger partial charge in [-0.3, -0.25) is 4.52 Å². The summed E-state index contributed by atoms with van der Waals surface area (Å²) in [6.07, 6.45) is 0.274. The molecule has 0 spiro atoms. The van der Waals surface area contributed by atoms with Gasteiger partial charge in [0.15, 0.2) is 0 Å². The molecule has 0 fully saturated rings. The first-order valence-corrected chi connectivity index (χ1v) is 10.1. The van der Waals surface area contributed by atoms with Gasteiger partial charge in [-0.2, -0.15) is 0 Å². The number of hydrogen-bond donors (Lipinski definition) is 1. The van der Waals surface area contributed by atoms with Gasteiger partial charge in [-0.25, -0.2) is 4.57 Å². The zero-order valence-electron chi connectivity index (χ0n) is 14.7. The molecular weight excluding hydrogens is 347 g/mol. The lowest BCUT2D eigenvalue weighted by Crippen LogP contribution is -2.01. The lowest BCUT2D eigenvalue weighted by molar-refractivity contribution is 0.278. The Morgan fingerprint density at radius 1 is 0.808 bits per heavy atom. The molecule has 3 aromatic rings.